The van der Waals surface area contributed by atoms with E-state index in [2.05, 4.69) is 6.92 Å². The summed E-state index contributed by atoms with van der Waals surface area (Å²) in [6, 6.07) is 0. The van der Waals surface area contributed by atoms with Crippen molar-refractivity contribution in [1.29, 1.82) is 0 Å². The molecule has 0 aliphatic rings. The number of carbonyl (C=O) groups is 1. The first-order valence-corrected chi connectivity index (χ1v) is 11.9. The summed E-state index contributed by atoms with van der Waals surface area (Å²) in [7, 11) is -5.02. The summed E-state index contributed by atoms with van der Waals surface area (Å²) >= 11 is 0. The zero-order valence-corrected chi connectivity index (χ0v) is 20.6. The Hall–Kier alpha value is 0.540. The molecule has 0 aromatic carbocycles. The molecule has 0 fully saturated rings. The number of hydrogen-bond donors (Lipinski definition) is 1. The molecule has 0 saturated heterocycles. The van der Waals surface area contributed by atoms with Gasteiger partial charge in [-0.15, -0.1) is 0 Å². The summed E-state index contributed by atoms with van der Waals surface area (Å²) in [6.45, 7) is 3.01. The molecule has 0 aliphatic heterocycles. The zero-order valence-electron chi connectivity index (χ0n) is 17.8. The van der Waals surface area contributed by atoms with Crippen LogP contribution in [0.4, 0.5) is 0 Å². The number of rotatable bonds is 18. The van der Waals surface area contributed by atoms with Crippen LogP contribution in [0.3, 0.4) is 0 Å². The third-order valence-electron chi connectivity index (χ3n) is 5.01. The summed E-state index contributed by atoms with van der Waals surface area (Å²) in [6.07, 6.45) is 17.9. The molecule has 1 unspecified atom stereocenters. The second-order valence-electron chi connectivity index (χ2n) is 7.56. The van der Waals surface area contributed by atoms with Gasteiger partial charge in [-0.25, -0.2) is 8.42 Å². The van der Waals surface area contributed by atoms with Crippen molar-refractivity contribution in [3.63, 3.8) is 0 Å². The molecule has 0 amide bonds. The van der Waals surface area contributed by atoms with E-state index in [4.69, 9.17) is 0 Å². The van der Waals surface area contributed by atoms with Crippen molar-refractivity contribution in [1.82, 2.24) is 0 Å². The molecule has 0 aromatic rings. The zero-order chi connectivity index (χ0) is 19.9. The summed E-state index contributed by atoms with van der Waals surface area (Å²) < 4.78 is 32.5. The number of Topliss-reactive ketones (excluding diaryl/α,β-unsaturated/α-hetero) is 1. The van der Waals surface area contributed by atoms with E-state index in [1.807, 2.05) is 0 Å². The van der Waals surface area contributed by atoms with Gasteiger partial charge < -0.3 is 9.66 Å². The fourth-order valence-electron chi connectivity index (χ4n) is 3.03. The fraction of sp³-hybridized carbons (Fsp3) is 0.950. The van der Waals surface area contributed by atoms with Gasteiger partial charge in [-0.2, -0.15) is 0 Å². The van der Waals surface area contributed by atoms with Gasteiger partial charge in [-0.1, -0.05) is 96.8 Å². The Bertz CT molecular complexity index is 463. The maximum absolute atomic E-state index is 11.6. The largest absolute Gasteiger partial charge is 1.00 e. The molecule has 0 aliphatic carbocycles. The number of hydrogen-bond acceptors (Lipinski definition) is 5. The molecule has 0 heterocycles. The normalized spacial score (nSPS) is 13.8. The molecule has 1 atom stereocenters. The van der Waals surface area contributed by atoms with Gasteiger partial charge in [-0.3, -0.25) is 4.79 Å². The molecule has 0 bridgehead atoms. The van der Waals surface area contributed by atoms with Crippen LogP contribution < -0.4 is 29.6 Å². The van der Waals surface area contributed by atoms with Gasteiger partial charge in [0.25, 0.3) is 0 Å². The van der Waals surface area contributed by atoms with Crippen molar-refractivity contribution in [3.8, 4) is 0 Å². The molecule has 0 spiro atoms. The maximum atomic E-state index is 11.6. The Balaban J connectivity index is 0. The van der Waals surface area contributed by atoms with Crippen LogP contribution in [0.25, 0.3) is 0 Å². The molecule has 0 saturated carbocycles. The van der Waals surface area contributed by atoms with Crippen molar-refractivity contribution >= 4 is 15.9 Å². The Morgan fingerprint density at radius 1 is 0.778 bits per heavy atom. The molecule has 156 valence electrons. The number of carbonyl (C=O) groups excluding carboxylic acids is 1. The van der Waals surface area contributed by atoms with Crippen molar-refractivity contribution in [2.75, 3.05) is 0 Å². The Labute approximate surface area is 189 Å². The van der Waals surface area contributed by atoms with Crippen LogP contribution in [-0.4, -0.2) is 28.8 Å². The van der Waals surface area contributed by atoms with Crippen LogP contribution in [0, 0.1) is 0 Å². The Kier molecular flexibility index (Phi) is 19.2. The third-order valence-corrected chi connectivity index (χ3v) is 6.21. The van der Waals surface area contributed by atoms with E-state index in [9.17, 15) is 22.9 Å². The Morgan fingerprint density at radius 2 is 1.07 bits per heavy atom. The van der Waals surface area contributed by atoms with Gasteiger partial charge in [0.05, 0.1) is 0 Å². The predicted octanol–water partition coefficient (Wildman–Crippen LogP) is 2.07. The smallest absolute Gasteiger partial charge is 0.745 e. The van der Waals surface area contributed by atoms with E-state index >= 15 is 0 Å². The molecule has 0 aromatic heterocycles. The summed E-state index contributed by atoms with van der Waals surface area (Å²) in [5, 5.41) is 9.48. The van der Waals surface area contributed by atoms with Crippen LogP contribution in [0.1, 0.15) is 117 Å². The van der Waals surface area contributed by atoms with E-state index in [0.717, 1.165) is 26.2 Å². The fourth-order valence-corrected chi connectivity index (χ4v) is 3.41. The first kappa shape index (κ1) is 29.7. The van der Waals surface area contributed by atoms with E-state index in [-0.39, 0.29) is 36.0 Å². The molecular formula is C20H39NaO5S. The Morgan fingerprint density at radius 3 is 1.37 bits per heavy atom. The van der Waals surface area contributed by atoms with Crippen molar-refractivity contribution < 1.29 is 52.4 Å². The van der Waals surface area contributed by atoms with Gasteiger partial charge in [-0.05, 0) is 13.3 Å². The summed E-state index contributed by atoms with van der Waals surface area (Å²) in [5.74, 6) is -0.901. The summed E-state index contributed by atoms with van der Waals surface area (Å²) in [4.78, 5) is 8.83. The van der Waals surface area contributed by atoms with Crippen molar-refractivity contribution in [2.45, 2.75) is 122 Å². The molecule has 0 radical (unpaired) electrons. The second kappa shape index (κ2) is 17.4. The minimum absolute atomic E-state index is 0. The van der Waals surface area contributed by atoms with Gasteiger partial charge in [0.2, 0.25) is 4.93 Å². The van der Waals surface area contributed by atoms with Crippen LogP contribution in [0.15, 0.2) is 0 Å². The topological polar surface area (TPSA) is 94.5 Å². The molecule has 0 rings (SSSR count). The molecule has 5 nitrogen and oxygen atoms in total. The first-order chi connectivity index (χ1) is 12.2. The van der Waals surface area contributed by atoms with E-state index in [1.54, 1.807) is 0 Å². The van der Waals surface area contributed by atoms with Crippen LogP contribution in [0.5, 0.6) is 0 Å². The minimum Gasteiger partial charge on any atom is -0.745 e. The van der Waals surface area contributed by atoms with Crippen molar-refractivity contribution in [2.24, 2.45) is 0 Å². The van der Waals surface area contributed by atoms with Gasteiger partial charge >= 0.3 is 29.6 Å². The quantitative estimate of drug-likeness (QED) is 0.210. The molecular weight excluding hydrogens is 375 g/mol. The second-order valence-corrected chi connectivity index (χ2v) is 9.26. The van der Waals surface area contributed by atoms with Gasteiger partial charge in [0.15, 0.2) is 5.78 Å². The predicted molar refractivity (Wildman–Crippen MR) is 105 cm³/mol. The first-order valence-electron chi connectivity index (χ1n) is 10.4. The van der Waals surface area contributed by atoms with Gasteiger partial charge in [0, 0.05) is 6.42 Å². The average molecular weight is 415 g/mol. The van der Waals surface area contributed by atoms with E-state index in [0.29, 0.717) is 6.42 Å². The van der Waals surface area contributed by atoms with Crippen molar-refractivity contribution in [3.05, 3.63) is 0 Å². The van der Waals surface area contributed by atoms with Crippen LogP contribution in [-0.2, 0) is 14.9 Å². The monoisotopic (exact) mass is 414 g/mol. The summed E-state index contributed by atoms with van der Waals surface area (Å²) in [5.41, 5.74) is 0. The standard InChI is InChI=1S/C20H40O5S.Na/c1-3-4-5-6-7-8-9-10-11-12-13-14-15-16-17-18-19(21)20(2,22)26(23,24)25;/h22H,3-18H2,1-2H3,(H,23,24,25);/q;+1/p-1. The van der Waals surface area contributed by atoms with Crippen LogP contribution >= 0.6 is 0 Å². The van der Waals surface area contributed by atoms with E-state index < -0.39 is 20.8 Å². The number of ketones is 1. The number of aliphatic hydroxyl groups is 1. The number of unbranched alkanes of at least 4 members (excludes halogenated alkanes) is 14. The molecule has 1 N–H and O–H groups in total. The third kappa shape index (κ3) is 15.1. The minimum atomic E-state index is -5.02. The maximum Gasteiger partial charge on any atom is 1.00 e. The SMILES string of the molecule is CCCCCCCCCCCCCCCCCC(=O)C(C)(O)S(=O)(=O)[O-].[Na+]. The van der Waals surface area contributed by atoms with Gasteiger partial charge in [0.1, 0.15) is 10.1 Å². The molecule has 7 heteroatoms. The molecule has 27 heavy (non-hydrogen) atoms. The van der Waals surface area contributed by atoms with E-state index in [1.165, 1.54) is 70.6 Å². The average Bonchev–Trinajstić information content (AvgIpc) is 2.57. The van der Waals surface area contributed by atoms with Crippen LogP contribution in [0.2, 0.25) is 0 Å².